The third-order valence-electron chi connectivity index (χ3n) is 4.56. The van der Waals surface area contributed by atoms with Gasteiger partial charge in [0.25, 0.3) is 0 Å². The van der Waals surface area contributed by atoms with Gasteiger partial charge in [-0.3, -0.25) is 0 Å². The van der Waals surface area contributed by atoms with Crippen LogP contribution in [-0.4, -0.2) is 36.8 Å². The fourth-order valence-electron chi connectivity index (χ4n) is 3.32. The minimum atomic E-state index is 0.175. The van der Waals surface area contributed by atoms with Gasteiger partial charge in [-0.15, -0.1) is 0 Å². The third kappa shape index (κ3) is 2.63. The van der Waals surface area contributed by atoms with Gasteiger partial charge in [-0.1, -0.05) is 18.6 Å². The van der Waals surface area contributed by atoms with Crippen LogP contribution in [0.1, 0.15) is 30.4 Å². The Kier molecular flexibility index (Phi) is 3.50. The summed E-state index contributed by atoms with van der Waals surface area (Å²) >= 11 is 0. The summed E-state index contributed by atoms with van der Waals surface area (Å²) in [6.45, 7) is 3.10. The van der Waals surface area contributed by atoms with Crippen LogP contribution in [0.15, 0.2) is 18.2 Å². The predicted molar refractivity (Wildman–Crippen MR) is 75.3 cm³/mol. The molecule has 1 aliphatic heterocycles. The molecule has 2 aliphatic rings. The van der Waals surface area contributed by atoms with Crippen molar-refractivity contribution in [3.63, 3.8) is 0 Å². The monoisotopic (exact) mass is 261 g/mol. The molecule has 3 rings (SSSR count). The topological polar surface area (TPSA) is 32.7 Å². The maximum atomic E-state index is 9.54. The molecule has 0 saturated heterocycles. The van der Waals surface area contributed by atoms with Crippen molar-refractivity contribution in [2.24, 2.45) is 5.41 Å². The van der Waals surface area contributed by atoms with Gasteiger partial charge in [-0.2, -0.15) is 0 Å². The normalized spacial score (nSPS) is 19.9. The molecule has 0 amide bonds. The van der Waals surface area contributed by atoms with E-state index in [9.17, 15) is 5.11 Å². The molecular weight excluding hydrogens is 238 g/mol. The van der Waals surface area contributed by atoms with E-state index in [1.807, 2.05) is 0 Å². The summed E-state index contributed by atoms with van der Waals surface area (Å²) in [5, 5.41) is 9.54. The molecule has 1 fully saturated rings. The Morgan fingerprint density at radius 2 is 2.21 bits per heavy atom. The number of rotatable bonds is 5. The predicted octanol–water partition coefficient (Wildman–Crippen LogP) is 2.22. The average molecular weight is 261 g/mol. The lowest BCUT2D eigenvalue weighted by Gasteiger charge is -2.43. The van der Waals surface area contributed by atoms with Crippen molar-refractivity contribution in [1.82, 2.24) is 4.90 Å². The second kappa shape index (κ2) is 5.14. The second-order valence-corrected chi connectivity index (χ2v) is 6.22. The van der Waals surface area contributed by atoms with E-state index < -0.39 is 0 Å². The summed E-state index contributed by atoms with van der Waals surface area (Å²) in [4.78, 5) is 2.34. The molecule has 3 heteroatoms. The molecule has 1 aliphatic carbocycles. The largest absolute Gasteiger partial charge is 0.493 e. The Hall–Kier alpha value is -1.06. The Balaban J connectivity index is 1.61. The summed E-state index contributed by atoms with van der Waals surface area (Å²) in [6, 6.07) is 6.52. The molecule has 0 spiro atoms. The number of benzene rings is 1. The lowest BCUT2D eigenvalue weighted by atomic mass is 9.69. The van der Waals surface area contributed by atoms with E-state index in [0.717, 1.165) is 31.9 Å². The molecule has 1 aromatic rings. The number of fused-ring (bicyclic) bond motifs is 1. The van der Waals surface area contributed by atoms with E-state index in [2.05, 4.69) is 30.1 Å². The Morgan fingerprint density at radius 1 is 1.37 bits per heavy atom. The van der Waals surface area contributed by atoms with Gasteiger partial charge in [-0.25, -0.2) is 0 Å². The van der Waals surface area contributed by atoms with Crippen molar-refractivity contribution < 1.29 is 9.84 Å². The van der Waals surface area contributed by atoms with Crippen molar-refractivity contribution >= 4 is 0 Å². The number of hydrogen-bond donors (Lipinski definition) is 1. The summed E-state index contributed by atoms with van der Waals surface area (Å²) in [6.07, 6.45) is 4.65. The van der Waals surface area contributed by atoms with Crippen molar-refractivity contribution in [1.29, 1.82) is 0 Å². The Labute approximate surface area is 115 Å². The Morgan fingerprint density at radius 3 is 2.89 bits per heavy atom. The highest BCUT2D eigenvalue weighted by Gasteiger charge is 2.37. The van der Waals surface area contributed by atoms with E-state index in [1.54, 1.807) is 0 Å². The standard InChI is InChI=1S/C16H23NO2/c1-17(11-16(12-18)6-2-7-16)10-13-3-4-15-14(9-13)5-8-19-15/h3-4,9,18H,2,5-8,10-12H2,1H3. The number of ether oxygens (including phenoxy) is 1. The molecule has 3 nitrogen and oxygen atoms in total. The minimum Gasteiger partial charge on any atom is -0.493 e. The van der Waals surface area contributed by atoms with Crippen LogP contribution < -0.4 is 4.74 Å². The van der Waals surface area contributed by atoms with Crippen LogP contribution in [0.25, 0.3) is 0 Å². The molecule has 0 atom stereocenters. The van der Waals surface area contributed by atoms with Gasteiger partial charge in [0.1, 0.15) is 5.75 Å². The smallest absolute Gasteiger partial charge is 0.122 e. The number of aliphatic hydroxyl groups is 1. The van der Waals surface area contributed by atoms with E-state index in [4.69, 9.17) is 4.74 Å². The van der Waals surface area contributed by atoms with Gasteiger partial charge in [0.2, 0.25) is 0 Å². The van der Waals surface area contributed by atoms with Crippen LogP contribution in [0.2, 0.25) is 0 Å². The summed E-state index contributed by atoms with van der Waals surface area (Å²) in [7, 11) is 2.15. The van der Waals surface area contributed by atoms with Gasteiger partial charge in [0.05, 0.1) is 6.61 Å². The molecule has 1 heterocycles. The SMILES string of the molecule is CN(Cc1ccc2c(c1)CCO2)CC1(CO)CCC1. The van der Waals surface area contributed by atoms with E-state index >= 15 is 0 Å². The lowest BCUT2D eigenvalue weighted by Crippen LogP contribution is -2.43. The third-order valence-corrected chi connectivity index (χ3v) is 4.56. The zero-order chi connectivity index (χ0) is 13.3. The highest BCUT2D eigenvalue weighted by molar-refractivity contribution is 5.39. The summed E-state index contributed by atoms with van der Waals surface area (Å²) in [5.74, 6) is 1.05. The van der Waals surface area contributed by atoms with Crippen LogP contribution in [0.5, 0.6) is 5.75 Å². The highest BCUT2D eigenvalue weighted by Crippen LogP contribution is 2.41. The molecule has 0 radical (unpaired) electrons. The molecule has 1 aromatic carbocycles. The van der Waals surface area contributed by atoms with Gasteiger partial charge in [0, 0.05) is 31.5 Å². The molecule has 1 N–H and O–H groups in total. The molecule has 19 heavy (non-hydrogen) atoms. The summed E-state index contributed by atoms with van der Waals surface area (Å²) < 4.78 is 5.54. The molecule has 104 valence electrons. The van der Waals surface area contributed by atoms with E-state index in [-0.39, 0.29) is 5.41 Å². The zero-order valence-corrected chi connectivity index (χ0v) is 11.7. The average Bonchev–Trinajstić information content (AvgIpc) is 2.81. The van der Waals surface area contributed by atoms with Crippen molar-refractivity contribution in [3.8, 4) is 5.75 Å². The number of nitrogens with zero attached hydrogens (tertiary/aromatic N) is 1. The van der Waals surface area contributed by atoms with Gasteiger partial charge in [-0.05, 0) is 37.1 Å². The van der Waals surface area contributed by atoms with Gasteiger partial charge >= 0.3 is 0 Å². The lowest BCUT2D eigenvalue weighted by molar-refractivity contribution is 0.0127. The Bertz CT molecular complexity index is 449. The highest BCUT2D eigenvalue weighted by atomic mass is 16.5. The molecular formula is C16H23NO2. The maximum Gasteiger partial charge on any atom is 0.122 e. The number of aliphatic hydroxyl groups excluding tert-OH is 1. The fourth-order valence-corrected chi connectivity index (χ4v) is 3.32. The first-order valence-electron chi connectivity index (χ1n) is 7.25. The van der Waals surface area contributed by atoms with Gasteiger partial charge in [0.15, 0.2) is 0 Å². The van der Waals surface area contributed by atoms with Crippen LogP contribution in [0, 0.1) is 5.41 Å². The number of hydrogen-bond acceptors (Lipinski definition) is 3. The fraction of sp³-hybridized carbons (Fsp3) is 0.625. The van der Waals surface area contributed by atoms with Crippen molar-refractivity contribution in [2.45, 2.75) is 32.2 Å². The summed E-state index contributed by atoms with van der Waals surface area (Å²) in [5.41, 5.74) is 2.86. The van der Waals surface area contributed by atoms with Gasteiger partial charge < -0.3 is 14.7 Å². The first kappa shape index (κ1) is 12.9. The van der Waals surface area contributed by atoms with Crippen LogP contribution in [0.4, 0.5) is 0 Å². The molecule has 1 saturated carbocycles. The quantitative estimate of drug-likeness (QED) is 0.882. The van der Waals surface area contributed by atoms with Crippen molar-refractivity contribution in [3.05, 3.63) is 29.3 Å². The van der Waals surface area contributed by atoms with Crippen LogP contribution in [-0.2, 0) is 13.0 Å². The molecule has 0 bridgehead atoms. The zero-order valence-electron chi connectivity index (χ0n) is 11.7. The first-order chi connectivity index (χ1) is 9.21. The first-order valence-corrected chi connectivity index (χ1v) is 7.25. The van der Waals surface area contributed by atoms with E-state index in [0.29, 0.717) is 6.61 Å². The van der Waals surface area contributed by atoms with E-state index in [1.165, 1.54) is 30.4 Å². The van der Waals surface area contributed by atoms with Crippen molar-refractivity contribution in [2.75, 3.05) is 26.8 Å². The second-order valence-electron chi connectivity index (χ2n) is 6.22. The van der Waals surface area contributed by atoms with Crippen LogP contribution in [0.3, 0.4) is 0 Å². The molecule has 0 aromatic heterocycles. The van der Waals surface area contributed by atoms with Crippen LogP contribution >= 0.6 is 0 Å². The minimum absolute atomic E-state index is 0.175. The maximum absolute atomic E-state index is 9.54. The molecule has 0 unspecified atom stereocenters.